The van der Waals surface area contributed by atoms with Gasteiger partial charge < -0.3 is 5.73 Å². The van der Waals surface area contributed by atoms with Gasteiger partial charge in [0.2, 0.25) is 0 Å². The van der Waals surface area contributed by atoms with E-state index in [1.54, 1.807) is 0 Å². The van der Waals surface area contributed by atoms with Crippen LogP contribution in [-0.4, -0.2) is 5.25 Å². The van der Waals surface area contributed by atoms with Crippen molar-refractivity contribution in [1.29, 1.82) is 0 Å². The quantitative estimate of drug-likeness (QED) is 0.847. The molecule has 17 heavy (non-hydrogen) atoms. The first-order valence-corrected chi connectivity index (χ1v) is 7.38. The lowest BCUT2D eigenvalue weighted by molar-refractivity contribution is 0.583. The van der Waals surface area contributed by atoms with Crippen LogP contribution in [0.5, 0.6) is 0 Å². The Balaban J connectivity index is 2.31. The number of hydrogen-bond acceptors (Lipinski definition) is 2. The molecular weight excluding hydrogens is 226 g/mol. The molecule has 0 amide bonds. The third kappa shape index (κ3) is 2.53. The molecule has 0 saturated carbocycles. The normalized spacial score (nSPS) is 23.8. The van der Waals surface area contributed by atoms with E-state index in [-0.39, 0.29) is 11.5 Å². The standard InChI is InChI=1S/C15H23NS/c1-5-6-13-14(16)11-9-10(15(2,3)4)7-8-12(11)17-13/h7-9,13-14H,5-6,16H2,1-4H3. The molecule has 1 heterocycles. The summed E-state index contributed by atoms with van der Waals surface area (Å²) in [4.78, 5) is 1.39. The molecule has 2 rings (SSSR count). The number of thioether (sulfide) groups is 1. The van der Waals surface area contributed by atoms with Gasteiger partial charge in [0.25, 0.3) is 0 Å². The van der Waals surface area contributed by atoms with Crippen LogP contribution in [0.25, 0.3) is 0 Å². The molecule has 0 saturated heterocycles. The van der Waals surface area contributed by atoms with Gasteiger partial charge in [0, 0.05) is 16.2 Å². The van der Waals surface area contributed by atoms with E-state index in [1.165, 1.54) is 28.9 Å². The van der Waals surface area contributed by atoms with Crippen LogP contribution in [0.4, 0.5) is 0 Å². The molecule has 1 aliphatic rings. The van der Waals surface area contributed by atoms with E-state index in [1.807, 2.05) is 11.8 Å². The van der Waals surface area contributed by atoms with Crippen molar-refractivity contribution in [2.75, 3.05) is 0 Å². The smallest absolute Gasteiger partial charge is 0.0430 e. The Morgan fingerprint density at radius 2 is 2.00 bits per heavy atom. The third-order valence-corrected chi connectivity index (χ3v) is 4.94. The molecule has 1 nitrogen and oxygen atoms in total. The van der Waals surface area contributed by atoms with E-state index < -0.39 is 0 Å². The van der Waals surface area contributed by atoms with Crippen molar-refractivity contribution in [3.8, 4) is 0 Å². The monoisotopic (exact) mass is 249 g/mol. The van der Waals surface area contributed by atoms with Crippen LogP contribution >= 0.6 is 11.8 Å². The summed E-state index contributed by atoms with van der Waals surface area (Å²) >= 11 is 1.96. The van der Waals surface area contributed by atoms with Crippen LogP contribution in [0.2, 0.25) is 0 Å². The summed E-state index contributed by atoms with van der Waals surface area (Å²) in [5, 5.41) is 0.574. The maximum Gasteiger partial charge on any atom is 0.0430 e. The maximum atomic E-state index is 6.37. The summed E-state index contributed by atoms with van der Waals surface area (Å²) in [7, 11) is 0. The Hall–Kier alpha value is -0.470. The lowest BCUT2D eigenvalue weighted by atomic mass is 9.85. The van der Waals surface area contributed by atoms with Gasteiger partial charge in [-0.2, -0.15) is 0 Å². The van der Waals surface area contributed by atoms with Crippen molar-refractivity contribution in [3.63, 3.8) is 0 Å². The van der Waals surface area contributed by atoms with Crippen molar-refractivity contribution in [1.82, 2.24) is 0 Å². The minimum atomic E-state index is 0.211. The molecule has 2 N–H and O–H groups in total. The summed E-state index contributed by atoms with van der Waals surface area (Å²) in [6, 6.07) is 7.06. The highest BCUT2D eigenvalue weighted by Gasteiger charge is 2.30. The third-order valence-electron chi connectivity index (χ3n) is 3.49. The largest absolute Gasteiger partial charge is 0.323 e. The van der Waals surface area contributed by atoms with Gasteiger partial charge in [-0.05, 0) is 29.0 Å². The van der Waals surface area contributed by atoms with E-state index in [0.717, 1.165) is 0 Å². The SMILES string of the molecule is CCCC1Sc2ccc(C(C)(C)C)cc2C1N. The Kier molecular flexibility index (Phi) is 3.55. The highest BCUT2D eigenvalue weighted by Crippen LogP contribution is 2.45. The van der Waals surface area contributed by atoms with Crippen molar-refractivity contribution in [3.05, 3.63) is 29.3 Å². The van der Waals surface area contributed by atoms with Gasteiger partial charge in [0.1, 0.15) is 0 Å². The molecule has 1 aliphatic heterocycles. The first kappa shape index (κ1) is 13.0. The molecule has 1 aromatic carbocycles. The highest BCUT2D eigenvalue weighted by molar-refractivity contribution is 8.00. The minimum Gasteiger partial charge on any atom is -0.323 e. The van der Waals surface area contributed by atoms with Crippen LogP contribution < -0.4 is 5.73 Å². The molecule has 2 heteroatoms. The number of nitrogens with two attached hydrogens (primary N) is 1. The second-order valence-electron chi connectivity index (χ2n) is 5.97. The molecule has 2 unspecified atom stereocenters. The van der Waals surface area contributed by atoms with Gasteiger partial charge in [0.05, 0.1) is 0 Å². The summed E-state index contributed by atoms with van der Waals surface area (Å²) in [6.45, 7) is 9.00. The topological polar surface area (TPSA) is 26.0 Å². The number of hydrogen-bond donors (Lipinski definition) is 1. The summed E-state index contributed by atoms with van der Waals surface area (Å²) < 4.78 is 0. The molecule has 0 spiro atoms. The van der Waals surface area contributed by atoms with Crippen LogP contribution in [0, 0.1) is 0 Å². The van der Waals surface area contributed by atoms with Crippen LogP contribution in [-0.2, 0) is 5.41 Å². The van der Waals surface area contributed by atoms with Crippen LogP contribution in [0.1, 0.15) is 57.7 Å². The molecule has 0 aliphatic carbocycles. The average Bonchev–Trinajstić information content (AvgIpc) is 2.55. The van der Waals surface area contributed by atoms with E-state index in [9.17, 15) is 0 Å². The summed E-state index contributed by atoms with van der Waals surface area (Å²) in [5.74, 6) is 0. The van der Waals surface area contributed by atoms with Gasteiger partial charge in [0.15, 0.2) is 0 Å². The molecule has 94 valence electrons. The fraction of sp³-hybridized carbons (Fsp3) is 0.600. The zero-order valence-electron chi connectivity index (χ0n) is 11.3. The number of benzene rings is 1. The summed E-state index contributed by atoms with van der Waals surface area (Å²) in [5.41, 5.74) is 9.33. The Morgan fingerprint density at radius 3 is 2.59 bits per heavy atom. The van der Waals surface area contributed by atoms with Gasteiger partial charge in [-0.3, -0.25) is 0 Å². The predicted octanol–water partition coefficient (Wildman–Crippen LogP) is 4.26. The van der Waals surface area contributed by atoms with Crippen molar-refractivity contribution in [2.24, 2.45) is 5.73 Å². The van der Waals surface area contributed by atoms with E-state index in [0.29, 0.717) is 5.25 Å². The van der Waals surface area contributed by atoms with Crippen LogP contribution in [0.3, 0.4) is 0 Å². The first-order valence-electron chi connectivity index (χ1n) is 6.50. The second-order valence-corrected chi connectivity index (χ2v) is 7.25. The Morgan fingerprint density at radius 1 is 1.29 bits per heavy atom. The Labute approximate surface area is 109 Å². The molecule has 2 atom stereocenters. The molecule has 0 fully saturated rings. The highest BCUT2D eigenvalue weighted by atomic mass is 32.2. The van der Waals surface area contributed by atoms with Crippen molar-refractivity contribution >= 4 is 11.8 Å². The van der Waals surface area contributed by atoms with Crippen molar-refractivity contribution in [2.45, 2.75) is 62.1 Å². The van der Waals surface area contributed by atoms with E-state index in [4.69, 9.17) is 5.73 Å². The molecular formula is C15H23NS. The predicted molar refractivity (Wildman–Crippen MR) is 76.6 cm³/mol. The molecule has 0 radical (unpaired) electrons. The average molecular weight is 249 g/mol. The maximum absolute atomic E-state index is 6.37. The van der Waals surface area contributed by atoms with Gasteiger partial charge in [-0.25, -0.2) is 0 Å². The van der Waals surface area contributed by atoms with E-state index in [2.05, 4.69) is 45.9 Å². The fourth-order valence-corrected chi connectivity index (χ4v) is 3.79. The molecule has 0 bridgehead atoms. The molecule has 1 aromatic rings. The minimum absolute atomic E-state index is 0.211. The van der Waals surface area contributed by atoms with Crippen molar-refractivity contribution < 1.29 is 0 Å². The van der Waals surface area contributed by atoms with Crippen LogP contribution in [0.15, 0.2) is 23.1 Å². The molecule has 0 aromatic heterocycles. The zero-order valence-corrected chi connectivity index (χ0v) is 12.1. The summed E-state index contributed by atoms with van der Waals surface area (Å²) in [6.07, 6.45) is 2.43. The van der Waals surface area contributed by atoms with Gasteiger partial charge in [-0.15, -0.1) is 11.8 Å². The number of rotatable bonds is 2. The lowest BCUT2D eigenvalue weighted by Gasteiger charge is -2.20. The van der Waals surface area contributed by atoms with E-state index >= 15 is 0 Å². The fourth-order valence-electron chi connectivity index (χ4n) is 2.34. The van der Waals surface area contributed by atoms with Gasteiger partial charge >= 0.3 is 0 Å². The second kappa shape index (κ2) is 4.66. The number of fused-ring (bicyclic) bond motifs is 1. The van der Waals surface area contributed by atoms with Gasteiger partial charge in [-0.1, -0.05) is 46.2 Å². The zero-order chi connectivity index (χ0) is 12.6. The Bertz CT molecular complexity index is 406. The first-order chi connectivity index (χ1) is 7.93. The lowest BCUT2D eigenvalue weighted by Crippen LogP contribution is -2.19.